The van der Waals surface area contributed by atoms with Crippen LogP contribution in [0, 0.1) is 11.8 Å². The van der Waals surface area contributed by atoms with E-state index in [0.29, 0.717) is 11.5 Å². The van der Waals surface area contributed by atoms with Gasteiger partial charge >= 0.3 is 5.97 Å². The number of carbonyl (C=O) groups excluding carboxylic acids is 1. The quantitative estimate of drug-likeness (QED) is 0.411. The summed E-state index contributed by atoms with van der Waals surface area (Å²) in [5, 5.41) is 9.15. The predicted molar refractivity (Wildman–Crippen MR) is 119 cm³/mol. The van der Waals surface area contributed by atoms with Gasteiger partial charge in [0.15, 0.2) is 0 Å². The Morgan fingerprint density at radius 3 is 2.30 bits per heavy atom. The number of carbonyl (C=O) groups is 1. The fourth-order valence-electron chi connectivity index (χ4n) is 2.36. The molecule has 2 N–H and O–H groups in total. The summed E-state index contributed by atoms with van der Waals surface area (Å²) in [7, 11) is -4.02. The zero-order chi connectivity index (χ0) is 23.0. The molecule has 1 rings (SSSR count). The molecule has 0 saturated heterocycles. The molecule has 0 bridgehead atoms. The third kappa shape index (κ3) is 8.56. The molecule has 0 amide bonds. The zero-order valence-corrected chi connectivity index (χ0v) is 19.9. The van der Waals surface area contributed by atoms with Crippen LogP contribution in [0.3, 0.4) is 0 Å². The third-order valence-corrected chi connectivity index (χ3v) is 6.60. The summed E-state index contributed by atoms with van der Waals surface area (Å²) >= 11 is 1.28. The molecule has 168 valence electrons. The molecule has 0 aliphatic rings. The number of nitrogens with one attached hydrogen (secondary N) is 1. The Kier molecular flexibility index (Phi) is 9.69. The van der Waals surface area contributed by atoms with E-state index in [9.17, 15) is 13.2 Å². The van der Waals surface area contributed by atoms with Crippen molar-refractivity contribution in [3.05, 3.63) is 24.3 Å². The van der Waals surface area contributed by atoms with E-state index in [1.54, 1.807) is 41.5 Å². The average Bonchev–Trinajstić information content (AvgIpc) is 2.63. The molecule has 1 aromatic rings. The maximum absolute atomic E-state index is 13.0. The molecule has 0 aliphatic carbocycles. The van der Waals surface area contributed by atoms with Crippen molar-refractivity contribution in [1.82, 2.24) is 4.72 Å². The maximum atomic E-state index is 13.0. The van der Waals surface area contributed by atoms with Gasteiger partial charge in [0, 0.05) is 10.5 Å². The van der Waals surface area contributed by atoms with E-state index in [1.807, 2.05) is 0 Å². The van der Waals surface area contributed by atoms with Gasteiger partial charge in [-0.05, 0) is 65.8 Å². The average molecular weight is 458 g/mol. The van der Waals surface area contributed by atoms with Crippen LogP contribution in [0.15, 0.2) is 29.2 Å². The smallest absolute Gasteiger partial charge is 0.326 e. The SMILES string of the molecule is CC#CCOc1ccc(S(=O)(=O)NC(C(=O)OC(C)(C)C)C(C)(C)SCCO)cc1. The Hall–Kier alpha value is -1.73. The van der Waals surface area contributed by atoms with Gasteiger partial charge in [-0.1, -0.05) is 5.92 Å². The molecule has 1 aromatic carbocycles. The largest absolute Gasteiger partial charge is 0.481 e. The molecule has 0 heterocycles. The summed E-state index contributed by atoms with van der Waals surface area (Å²) < 4.78 is 38.4. The summed E-state index contributed by atoms with van der Waals surface area (Å²) in [6.07, 6.45) is 0. The number of aliphatic hydroxyl groups is 1. The van der Waals surface area contributed by atoms with Crippen molar-refractivity contribution in [1.29, 1.82) is 0 Å². The van der Waals surface area contributed by atoms with Crippen molar-refractivity contribution in [3.63, 3.8) is 0 Å². The highest BCUT2D eigenvalue weighted by molar-refractivity contribution is 8.00. The number of benzene rings is 1. The lowest BCUT2D eigenvalue weighted by atomic mass is 10.0. The fraction of sp³-hybridized carbons (Fsp3) is 0.571. The van der Waals surface area contributed by atoms with Crippen molar-refractivity contribution in [2.75, 3.05) is 19.0 Å². The van der Waals surface area contributed by atoms with Crippen LogP contribution in [0.4, 0.5) is 0 Å². The number of aliphatic hydroxyl groups excluding tert-OH is 1. The minimum absolute atomic E-state index is 0.00653. The van der Waals surface area contributed by atoms with Crippen LogP contribution in [-0.2, 0) is 19.6 Å². The van der Waals surface area contributed by atoms with E-state index in [4.69, 9.17) is 14.6 Å². The van der Waals surface area contributed by atoms with Crippen molar-refractivity contribution >= 4 is 27.8 Å². The standard InChI is InChI=1S/C21H31NO6S2/c1-7-8-14-27-16-9-11-17(12-10-16)30(25,26)22-18(19(24)28-20(2,3)4)21(5,6)29-15-13-23/h9-12,18,22-23H,13-15H2,1-6H3. The number of hydrogen-bond donors (Lipinski definition) is 2. The highest BCUT2D eigenvalue weighted by Crippen LogP contribution is 2.31. The molecule has 0 aromatic heterocycles. The molecule has 0 saturated carbocycles. The van der Waals surface area contributed by atoms with E-state index in [-0.39, 0.29) is 18.1 Å². The normalized spacial score (nSPS) is 13.2. The number of thioether (sulfide) groups is 1. The third-order valence-electron chi connectivity index (χ3n) is 3.80. The van der Waals surface area contributed by atoms with Crippen LogP contribution in [0.25, 0.3) is 0 Å². The topological polar surface area (TPSA) is 102 Å². The molecule has 9 heteroatoms. The molecule has 0 spiro atoms. The monoisotopic (exact) mass is 457 g/mol. The van der Waals surface area contributed by atoms with Crippen LogP contribution < -0.4 is 9.46 Å². The Labute approximate surface area is 184 Å². The van der Waals surface area contributed by atoms with Gasteiger partial charge in [0.05, 0.1) is 11.5 Å². The lowest BCUT2D eigenvalue weighted by Gasteiger charge is -2.34. The number of esters is 1. The Morgan fingerprint density at radius 1 is 1.20 bits per heavy atom. The van der Waals surface area contributed by atoms with Crippen molar-refractivity contribution in [2.45, 2.75) is 62.8 Å². The summed E-state index contributed by atoms with van der Waals surface area (Å²) in [6, 6.07) is 4.70. The fourth-order valence-corrected chi connectivity index (χ4v) is 4.70. The molecule has 30 heavy (non-hydrogen) atoms. The second-order valence-electron chi connectivity index (χ2n) is 7.95. The first-order chi connectivity index (χ1) is 13.8. The molecule has 0 fully saturated rings. The van der Waals surface area contributed by atoms with Gasteiger partial charge in [0.25, 0.3) is 0 Å². The van der Waals surface area contributed by atoms with Gasteiger partial charge in [-0.3, -0.25) is 4.79 Å². The summed E-state index contributed by atoms with van der Waals surface area (Å²) in [5.41, 5.74) is -0.779. The molecular weight excluding hydrogens is 426 g/mol. The second-order valence-corrected chi connectivity index (χ2v) is 11.4. The van der Waals surface area contributed by atoms with Crippen LogP contribution >= 0.6 is 11.8 Å². The maximum Gasteiger partial charge on any atom is 0.326 e. The highest BCUT2D eigenvalue weighted by Gasteiger charge is 2.41. The Bertz CT molecular complexity index is 861. The van der Waals surface area contributed by atoms with Gasteiger partial charge in [-0.15, -0.1) is 5.92 Å². The van der Waals surface area contributed by atoms with E-state index < -0.39 is 32.4 Å². The van der Waals surface area contributed by atoms with Crippen LogP contribution in [0.2, 0.25) is 0 Å². The van der Waals surface area contributed by atoms with Crippen LogP contribution in [0.5, 0.6) is 5.75 Å². The van der Waals surface area contributed by atoms with Gasteiger partial charge < -0.3 is 14.6 Å². The Balaban J connectivity index is 3.13. The number of sulfonamides is 1. The minimum atomic E-state index is -4.02. The van der Waals surface area contributed by atoms with Crippen molar-refractivity contribution in [3.8, 4) is 17.6 Å². The van der Waals surface area contributed by atoms with Crippen LogP contribution in [0.1, 0.15) is 41.5 Å². The van der Waals surface area contributed by atoms with Crippen LogP contribution in [-0.4, -0.2) is 54.9 Å². The first-order valence-corrected chi connectivity index (χ1v) is 11.9. The van der Waals surface area contributed by atoms with Crippen molar-refractivity contribution < 1.29 is 27.8 Å². The molecule has 7 nitrogen and oxygen atoms in total. The summed E-state index contributed by atoms with van der Waals surface area (Å²) in [5.74, 6) is 5.62. The number of hydrogen-bond acceptors (Lipinski definition) is 7. The molecule has 1 unspecified atom stereocenters. The first-order valence-electron chi connectivity index (χ1n) is 9.45. The lowest BCUT2D eigenvalue weighted by molar-refractivity contribution is -0.157. The minimum Gasteiger partial charge on any atom is -0.481 e. The van der Waals surface area contributed by atoms with E-state index in [0.717, 1.165) is 0 Å². The highest BCUT2D eigenvalue weighted by atomic mass is 32.2. The Morgan fingerprint density at radius 2 is 1.80 bits per heavy atom. The van der Waals surface area contributed by atoms with Gasteiger partial charge in [0.1, 0.15) is 24.0 Å². The molecule has 0 aliphatic heterocycles. The number of ether oxygens (including phenoxy) is 2. The molecule has 1 atom stereocenters. The number of rotatable bonds is 10. The van der Waals surface area contributed by atoms with Crippen molar-refractivity contribution in [2.24, 2.45) is 0 Å². The van der Waals surface area contributed by atoms with E-state index in [2.05, 4.69) is 16.6 Å². The lowest BCUT2D eigenvalue weighted by Crippen LogP contribution is -2.54. The van der Waals surface area contributed by atoms with Gasteiger partial charge in [0.2, 0.25) is 10.0 Å². The zero-order valence-electron chi connectivity index (χ0n) is 18.3. The van der Waals surface area contributed by atoms with Gasteiger partial charge in [-0.2, -0.15) is 16.5 Å². The van der Waals surface area contributed by atoms with E-state index >= 15 is 0 Å². The molecule has 0 radical (unpaired) electrons. The first kappa shape index (κ1) is 26.3. The summed E-state index contributed by atoms with van der Waals surface area (Å²) in [6.45, 7) is 10.4. The van der Waals surface area contributed by atoms with E-state index in [1.165, 1.54) is 36.0 Å². The summed E-state index contributed by atoms with van der Waals surface area (Å²) in [4.78, 5) is 12.8. The molecular formula is C21H31NO6S2. The second kappa shape index (κ2) is 11.0. The predicted octanol–water partition coefficient (Wildman–Crippen LogP) is 2.58. The van der Waals surface area contributed by atoms with Gasteiger partial charge in [-0.25, -0.2) is 8.42 Å².